The van der Waals surface area contributed by atoms with Crippen LogP contribution in [0, 0.1) is 5.82 Å². The van der Waals surface area contributed by atoms with Gasteiger partial charge in [-0.2, -0.15) is 0 Å². The van der Waals surface area contributed by atoms with Gasteiger partial charge >= 0.3 is 5.97 Å². The number of nitrogens with one attached hydrogen (secondary N) is 1. The quantitative estimate of drug-likeness (QED) is 0.778. The number of H-pyrrole nitrogens is 1. The Morgan fingerprint density at radius 1 is 1.56 bits per heavy atom. The average molecular weight is 250 g/mol. The molecule has 2 rings (SSSR count). The van der Waals surface area contributed by atoms with E-state index in [2.05, 4.69) is 4.98 Å². The fourth-order valence-electron chi connectivity index (χ4n) is 2.26. The molecule has 2 aromatic rings. The number of carboxylic acids is 1. The molecule has 0 saturated heterocycles. The van der Waals surface area contributed by atoms with Crippen LogP contribution in [0.4, 0.5) is 4.39 Å². The highest BCUT2D eigenvalue weighted by Crippen LogP contribution is 2.30. The van der Waals surface area contributed by atoms with Crippen molar-refractivity contribution in [3.8, 4) is 0 Å². The molecule has 0 amide bonds. The molecule has 0 fully saturated rings. The smallest absolute Gasteiger partial charge is 0.321 e. The molecule has 0 aliphatic heterocycles. The van der Waals surface area contributed by atoms with Gasteiger partial charge < -0.3 is 15.8 Å². The van der Waals surface area contributed by atoms with Crippen molar-refractivity contribution >= 4 is 16.9 Å². The molecule has 4 nitrogen and oxygen atoms in total. The van der Waals surface area contributed by atoms with E-state index >= 15 is 0 Å². The molecule has 0 spiro atoms. The van der Waals surface area contributed by atoms with E-state index in [4.69, 9.17) is 10.8 Å². The first-order valence-corrected chi connectivity index (χ1v) is 5.79. The van der Waals surface area contributed by atoms with Gasteiger partial charge in [0, 0.05) is 23.0 Å². The number of rotatable bonds is 4. The predicted octanol–water partition coefficient (Wildman–Crippen LogP) is 2.21. The second-order valence-corrected chi connectivity index (χ2v) is 4.31. The highest BCUT2D eigenvalue weighted by Gasteiger charge is 2.26. The number of aromatic nitrogens is 1. The van der Waals surface area contributed by atoms with Crippen LogP contribution in [0.15, 0.2) is 24.4 Å². The van der Waals surface area contributed by atoms with E-state index in [1.807, 2.05) is 6.92 Å². The lowest BCUT2D eigenvalue weighted by Gasteiger charge is -2.18. The van der Waals surface area contributed by atoms with Crippen molar-refractivity contribution < 1.29 is 14.3 Å². The van der Waals surface area contributed by atoms with Crippen LogP contribution in [-0.2, 0) is 4.79 Å². The number of carbonyl (C=O) groups is 1. The molecule has 1 heterocycles. The zero-order chi connectivity index (χ0) is 13.3. The summed E-state index contributed by atoms with van der Waals surface area (Å²) in [5.41, 5.74) is 7.22. The number of aliphatic carboxylic acids is 1. The number of nitrogens with two attached hydrogens (primary N) is 1. The molecule has 4 N–H and O–H groups in total. The Hall–Kier alpha value is -1.88. The van der Waals surface area contributed by atoms with Crippen LogP contribution in [0.3, 0.4) is 0 Å². The van der Waals surface area contributed by atoms with Gasteiger partial charge in [-0.15, -0.1) is 0 Å². The molecule has 96 valence electrons. The molecule has 0 radical (unpaired) electrons. The molecule has 0 bridgehead atoms. The van der Waals surface area contributed by atoms with Crippen LogP contribution in [0.2, 0.25) is 0 Å². The summed E-state index contributed by atoms with van der Waals surface area (Å²) in [6.07, 6.45) is 2.29. The lowest BCUT2D eigenvalue weighted by atomic mass is 9.89. The van der Waals surface area contributed by atoms with Crippen molar-refractivity contribution in [3.63, 3.8) is 0 Å². The minimum Gasteiger partial charge on any atom is -0.480 e. The molecule has 18 heavy (non-hydrogen) atoms. The Bertz CT molecular complexity index is 579. The van der Waals surface area contributed by atoms with Crippen LogP contribution in [0.1, 0.15) is 24.8 Å². The minimum atomic E-state index is -1.05. The third-order valence-electron chi connectivity index (χ3n) is 3.23. The lowest BCUT2D eigenvalue weighted by Crippen LogP contribution is -2.36. The molecule has 1 aromatic heterocycles. The highest BCUT2D eigenvalue weighted by atomic mass is 19.1. The third kappa shape index (κ3) is 2.09. The SMILES string of the molecule is CCC(c1c[nH]c2ccc(F)cc12)C(N)C(=O)O. The lowest BCUT2D eigenvalue weighted by molar-refractivity contribution is -0.139. The van der Waals surface area contributed by atoms with Crippen molar-refractivity contribution in [3.05, 3.63) is 35.8 Å². The number of carboxylic acid groups (broad SMARTS) is 1. The molecular weight excluding hydrogens is 235 g/mol. The second kappa shape index (κ2) is 4.78. The van der Waals surface area contributed by atoms with Crippen molar-refractivity contribution in [2.75, 3.05) is 0 Å². The van der Waals surface area contributed by atoms with E-state index in [-0.39, 0.29) is 11.7 Å². The molecule has 2 atom stereocenters. The van der Waals surface area contributed by atoms with Gasteiger partial charge in [-0.25, -0.2) is 4.39 Å². The molecule has 0 aliphatic rings. The Labute approximate surface area is 104 Å². The first kappa shape index (κ1) is 12.6. The second-order valence-electron chi connectivity index (χ2n) is 4.31. The molecular formula is C13H15FN2O2. The fourth-order valence-corrected chi connectivity index (χ4v) is 2.26. The number of hydrogen-bond donors (Lipinski definition) is 3. The van der Waals surface area contributed by atoms with E-state index in [1.165, 1.54) is 12.1 Å². The average Bonchev–Trinajstić information content (AvgIpc) is 2.73. The van der Waals surface area contributed by atoms with Crippen molar-refractivity contribution in [2.24, 2.45) is 5.73 Å². The molecule has 5 heteroatoms. The summed E-state index contributed by atoms with van der Waals surface area (Å²) in [4.78, 5) is 14.0. The molecule has 0 saturated carbocycles. The number of fused-ring (bicyclic) bond motifs is 1. The van der Waals surface area contributed by atoms with E-state index in [0.29, 0.717) is 11.8 Å². The maximum atomic E-state index is 13.3. The van der Waals surface area contributed by atoms with Gasteiger partial charge in [-0.3, -0.25) is 4.79 Å². The standard InChI is InChI=1S/C13H15FN2O2/c1-2-8(12(15)13(17)18)10-6-16-11-4-3-7(14)5-9(10)11/h3-6,8,12,16H,2,15H2,1H3,(H,17,18). The van der Waals surface area contributed by atoms with Gasteiger partial charge in [0.1, 0.15) is 11.9 Å². The van der Waals surface area contributed by atoms with Crippen LogP contribution in [-0.4, -0.2) is 22.1 Å². The van der Waals surface area contributed by atoms with Gasteiger partial charge in [0.2, 0.25) is 0 Å². The fraction of sp³-hybridized carbons (Fsp3) is 0.308. The van der Waals surface area contributed by atoms with Crippen LogP contribution in [0.5, 0.6) is 0 Å². The summed E-state index contributed by atoms with van der Waals surface area (Å²) in [5, 5.41) is 9.69. The zero-order valence-electron chi connectivity index (χ0n) is 9.98. The Kier molecular flexibility index (Phi) is 3.34. The largest absolute Gasteiger partial charge is 0.480 e. The number of aromatic amines is 1. The maximum absolute atomic E-state index is 13.3. The van der Waals surface area contributed by atoms with E-state index in [0.717, 1.165) is 11.1 Å². The van der Waals surface area contributed by atoms with Gasteiger partial charge in [0.25, 0.3) is 0 Å². The minimum absolute atomic E-state index is 0.335. The van der Waals surface area contributed by atoms with Crippen LogP contribution >= 0.6 is 0 Å². The third-order valence-corrected chi connectivity index (χ3v) is 3.23. The normalized spacial score (nSPS) is 14.6. The summed E-state index contributed by atoms with van der Waals surface area (Å²) in [7, 11) is 0. The van der Waals surface area contributed by atoms with Crippen LogP contribution < -0.4 is 5.73 Å². The van der Waals surface area contributed by atoms with Gasteiger partial charge in [0.05, 0.1) is 0 Å². The Morgan fingerprint density at radius 2 is 2.28 bits per heavy atom. The maximum Gasteiger partial charge on any atom is 0.321 e. The van der Waals surface area contributed by atoms with E-state index in [1.54, 1.807) is 12.3 Å². The summed E-state index contributed by atoms with van der Waals surface area (Å²) in [5.74, 6) is -1.73. The predicted molar refractivity (Wildman–Crippen MR) is 66.9 cm³/mol. The van der Waals surface area contributed by atoms with E-state index < -0.39 is 12.0 Å². The van der Waals surface area contributed by atoms with Crippen molar-refractivity contribution in [1.29, 1.82) is 0 Å². The first-order chi connectivity index (χ1) is 8.54. The number of halogens is 1. The number of hydrogen-bond acceptors (Lipinski definition) is 2. The first-order valence-electron chi connectivity index (χ1n) is 5.79. The summed E-state index contributed by atoms with van der Waals surface area (Å²) >= 11 is 0. The van der Waals surface area contributed by atoms with Crippen molar-refractivity contribution in [1.82, 2.24) is 4.98 Å². The monoisotopic (exact) mass is 250 g/mol. The van der Waals surface area contributed by atoms with Crippen molar-refractivity contribution in [2.45, 2.75) is 25.3 Å². The highest BCUT2D eigenvalue weighted by molar-refractivity contribution is 5.85. The summed E-state index contributed by atoms with van der Waals surface area (Å²) < 4.78 is 13.3. The molecule has 1 aromatic carbocycles. The van der Waals surface area contributed by atoms with Gasteiger partial charge in [-0.05, 0) is 30.2 Å². The number of benzene rings is 1. The van der Waals surface area contributed by atoms with Crippen LogP contribution in [0.25, 0.3) is 10.9 Å². The topological polar surface area (TPSA) is 79.1 Å². The molecule has 2 unspecified atom stereocenters. The van der Waals surface area contributed by atoms with Gasteiger partial charge in [0.15, 0.2) is 0 Å². The zero-order valence-corrected chi connectivity index (χ0v) is 9.98. The Morgan fingerprint density at radius 3 is 2.89 bits per heavy atom. The van der Waals surface area contributed by atoms with Gasteiger partial charge in [-0.1, -0.05) is 6.92 Å². The van der Waals surface area contributed by atoms with E-state index in [9.17, 15) is 9.18 Å². The summed E-state index contributed by atoms with van der Waals surface area (Å²) in [6.45, 7) is 1.87. The summed E-state index contributed by atoms with van der Waals surface area (Å²) in [6, 6.07) is 3.41. The Balaban J connectivity index is 2.51. The molecule has 0 aliphatic carbocycles.